The zero-order valence-electron chi connectivity index (χ0n) is 14.6. The maximum Gasteiger partial charge on any atom is 0.160 e. The molecular weight excluding hydrogens is 272 g/mol. The molecule has 0 aromatic carbocycles. The summed E-state index contributed by atoms with van der Waals surface area (Å²) in [7, 11) is 0. The Bertz CT molecular complexity index is 570. The van der Waals surface area contributed by atoms with Gasteiger partial charge in [0.1, 0.15) is 0 Å². The van der Waals surface area contributed by atoms with Gasteiger partial charge in [0.2, 0.25) is 0 Å². The van der Waals surface area contributed by atoms with E-state index in [1.807, 2.05) is 0 Å². The van der Waals surface area contributed by atoms with E-state index in [9.17, 15) is 9.90 Å². The fraction of sp³-hybridized carbons (Fsp3) is 0.750. The van der Waals surface area contributed by atoms with Gasteiger partial charge < -0.3 is 5.11 Å². The summed E-state index contributed by atoms with van der Waals surface area (Å²) in [4.78, 5) is 13.1. The van der Waals surface area contributed by atoms with Crippen molar-refractivity contribution in [3.05, 3.63) is 23.3 Å². The van der Waals surface area contributed by atoms with E-state index in [2.05, 4.69) is 34.3 Å². The number of ketones is 1. The number of hydrogen-bond donors (Lipinski definition) is 1. The van der Waals surface area contributed by atoms with Gasteiger partial charge in [0.25, 0.3) is 0 Å². The highest BCUT2D eigenvalue weighted by atomic mass is 16.3. The van der Waals surface area contributed by atoms with E-state index in [0.29, 0.717) is 18.8 Å². The van der Waals surface area contributed by atoms with Crippen molar-refractivity contribution < 1.29 is 9.90 Å². The highest BCUT2D eigenvalue weighted by molar-refractivity contribution is 5.99. The molecule has 3 aliphatic carbocycles. The summed E-state index contributed by atoms with van der Waals surface area (Å²) in [5, 5.41) is 11.6. The second kappa shape index (κ2) is 4.80. The molecule has 0 amide bonds. The smallest absolute Gasteiger partial charge is 0.160 e. The molecule has 0 bridgehead atoms. The fourth-order valence-electron chi connectivity index (χ4n) is 5.43. The summed E-state index contributed by atoms with van der Waals surface area (Å²) >= 11 is 0. The monoisotopic (exact) mass is 302 g/mol. The van der Waals surface area contributed by atoms with Gasteiger partial charge in [-0.05, 0) is 55.4 Å². The van der Waals surface area contributed by atoms with Crippen LogP contribution in [0.4, 0.5) is 0 Å². The maximum atomic E-state index is 13.1. The van der Waals surface area contributed by atoms with Crippen LogP contribution >= 0.6 is 0 Å². The molecule has 0 unspecified atom stereocenters. The minimum atomic E-state index is -0.885. The number of hydrogen-bond acceptors (Lipinski definition) is 2. The molecule has 3 aliphatic rings. The molecule has 0 radical (unpaired) electrons. The molecule has 0 aromatic rings. The van der Waals surface area contributed by atoms with Gasteiger partial charge in [0, 0.05) is 17.4 Å². The van der Waals surface area contributed by atoms with Crippen LogP contribution in [0.15, 0.2) is 23.3 Å². The van der Waals surface area contributed by atoms with Gasteiger partial charge >= 0.3 is 0 Å². The summed E-state index contributed by atoms with van der Waals surface area (Å²) in [5.74, 6) is 0.711. The van der Waals surface area contributed by atoms with Gasteiger partial charge in [-0.1, -0.05) is 39.8 Å². The van der Waals surface area contributed by atoms with Crippen LogP contribution in [0.25, 0.3) is 0 Å². The van der Waals surface area contributed by atoms with Gasteiger partial charge in [0.05, 0.1) is 5.60 Å². The zero-order chi connectivity index (χ0) is 16.3. The van der Waals surface area contributed by atoms with Crippen LogP contribution < -0.4 is 0 Å². The summed E-state index contributed by atoms with van der Waals surface area (Å²) in [6.45, 7) is 12.9. The van der Waals surface area contributed by atoms with Crippen molar-refractivity contribution in [1.82, 2.24) is 0 Å². The predicted molar refractivity (Wildman–Crippen MR) is 89.5 cm³/mol. The number of fused-ring (bicyclic) bond motifs is 2. The molecule has 2 fully saturated rings. The number of rotatable bonds is 1. The molecule has 0 saturated heterocycles. The minimum Gasteiger partial charge on any atom is -0.385 e. The third-order valence-corrected chi connectivity index (χ3v) is 6.83. The highest BCUT2D eigenvalue weighted by Gasteiger charge is 2.59. The van der Waals surface area contributed by atoms with E-state index in [-0.39, 0.29) is 16.6 Å². The molecule has 2 heteroatoms. The Balaban J connectivity index is 2.16. The van der Waals surface area contributed by atoms with Crippen LogP contribution in [0.2, 0.25) is 0 Å². The average molecular weight is 302 g/mol. The lowest BCUT2D eigenvalue weighted by atomic mass is 9.58. The zero-order valence-corrected chi connectivity index (χ0v) is 14.6. The molecular formula is C20H30O2. The van der Waals surface area contributed by atoms with Crippen LogP contribution in [0.5, 0.6) is 0 Å². The van der Waals surface area contributed by atoms with Gasteiger partial charge in [0.15, 0.2) is 5.78 Å². The summed E-state index contributed by atoms with van der Waals surface area (Å²) in [6.07, 6.45) is 6.01. The SMILES string of the molecule is C=C1CCC[C@@]2(C)CC(=O)C3=C(C(C)C)CC[C@]3(C)C[C@@]12O. The number of carbonyl (C=O) groups is 1. The van der Waals surface area contributed by atoms with Crippen LogP contribution in [-0.2, 0) is 4.79 Å². The first-order chi connectivity index (χ1) is 10.1. The average Bonchev–Trinajstić information content (AvgIpc) is 2.71. The van der Waals surface area contributed by atoms with E-state index >= 15 is 0 Å². The van der Waals surface area contributed by atoms with Crippen LogP contribution in [0.1, 0.15) is 72.6 Å². The largest absolute Gasteiger partial charge is 0.385 e. The van der Waals surface area contributed by atoms with E-state index in [4.69, 9.17) is 0 Å². The number of aliphatic hydroxyl groups is 1. The number of carbonyl (C=O) groups excluding carboxylic acids is 1. The Morgan fingerprint density at radius 1 is 1.18 bits per heavy atom. The van der Waals surface area contributed by atoms with Crippen molar-refractivity contribution >= 4 is 5.78 Å². The Morgan fingerprint density at radius 2 is 1.86 bits per heavy atom. The summed E-state index contributed by atoms with van der Waals surface area (Å²) < 4.78 is 0. The van der Waals surface area contributed by atoms with Crippen LogP contribution in [0.3, 0.4) is 0 Å². The van der Waals surface area contributed by atoms with Crippen molar-refractivity contribution in [2.24, 2.45) is 16.7 Å². The van der Waals surface area contributed by atoms with Gasteiger partial charge in [-0.15, -0.1) is 0 Å². The molecule has 0 aromatic heterocycles. The third-order valence-electron chi connectivity index (χ3n) is 6.83. The third kappa shape index (κ3) is 1.99. The second-order valence-electron chi connectivity index (χ2n) is 8.77. The van der Waals surface area contributed by atoms with Crippen LogP contribution in [-0.4, -0.2) is 16.5 Å². The standard InChI is InChI=1S/C20H30O2/c1-13(2)15-8-10-18(4)12-20(22)14(3)7-6-9-19(20,5)11-16(21)17(15)18/h13,22H,3,6-12H2,1-2,4-5H3/t18-,19+,20-/m1/s1. The molecule has 2 saturated carbocycles. The van der Waals surface area contributed by atoms with E-state index < -0.39 is 5.60 Å². The minimum absolute atomic E-state index is 0.177. The number of Topliss-reactive ketones (excluding diaryl/α,β-unsaturated/α-hetero) is 1. The molecule has 122 valence electrons. The van der Waals surface area contributed by atoms with Crippen molar-refractivity contribution in [2.75, 3.05) is 0 Å². The van der Waals surface area contributed by atoms with Gasteiger partial charge in [-0.25, -0.2) is 0 Å². The molecule has 22 heavy (non-hydrogen) atoms. The first-order valence-corrected chi connectivity index (χ1v) is 8.80. The van der Waals surface area contributed by atoms with Crippen LogP contribution in [0, 0.1) is 16.7 Å². The Kier molecular flexibility index (Phi) is 3.49. The lowest BCUT2D eigenvalue weighted by molar-refractivity contribution is -0.123. The molecule has 3 rings (SSSR count). The summed E-state index contributed by atoms with van der Waals surface area (Å²) in [5.41, 5.74) is 1.94. The lowest BCUT2D eigenvalue weighted by Crippen LogP contribution is -2.51. The molecule has 1 N–H and O–H groups in total. The second-order valence-corrected chi connectivity index (χ2v) is 8.77. The van der Waals surface area contributed by atoms with Gasteiger partial charge in [-0.3, -0.25) is 4.79 Å². The first-order valence-electron chi connectivity index (χ1n) is 8.80. The molecule has 0 spiro atoms. The summed E-state index contributed by atoms with van der Waals surface area (Å²) in [6, 6.07) is 0. The Hall–Kier alpha value is -0.890. The van der Waals surface area contributed by atoms with Crippen molar-refractivity contribution in [3.63, 3.8) is 0 Å². The molecule has 0 aliphatic heterocycles. The maximum absolute atomic E-state index is 13.1. The van der Waals surface area contributed by atoms with Crippen molar-refractivity contribution in [3.8, 4) is 0 Å². The van der Waals surface area contributed by atoms with Crippen molar-refractivity contribution in [2.45, 2.75) is 78.2 Å². The molecule has 3 atom stereocenters. The van der Waals surface area contributed by atoms with E-state index in [1.54, 1.807) is 0 Å². The fourth-order valence-corrected chi connectivity index (χ4v) is 5.43. The first kappa shape index (κ1) is 16.0. The van der Waals surface area contributed by atoms with E-state index in [1.165, 1.54) is 5.57 Å². The quantitative estimate of drug-likeness (QED) is 0.720. The normalized spacial score (nSPS) is 42.5. The highest BCUT2D eigenvalue weighted by Crippen LogP contribution is 2.61. The van der Waals surface area contributed by atoms with Crippen molar-refractivity contribution in [1.29, 1.82) is 0 Å². The Morgan fingerprint density at radius 3 is 2.50 bits per heavy atom. The van der Waals surface area contributed by atoms with E-state index in [0.717, 1.165) is 43.3 Å². The number of allylic oxidation sites excluding steroid dienone is 2. The molecule has 0 heterocycles. The molecule has 2 nitrogen and oxygen atoms in total. The topological polar surface area (TPSA) is 37.3 Å². The van der Waals surface area contributed by atoms with Gasteiger partial charge in [-0.2, -0.15) is 0 Å². The lowest BCUT2D eigenvalue weighted by Gasteiger charge is -2.50. The Labute approximate surface area is 134 Å². The predicted octanol–water partition coefficient (Wildman–Crippen LogP) is 4.58.